The fourth-order valence-electron chi connectivity index (χ4n) is 1.20. The lowest BCUT2D eigenvalue weighted by Crippen LogP contribution is -2.17. The maximum atomic E-state index is 13.4. The SMILES string of the molecule is COc1cc(F)c(F)c(C(C)(C)C#N)c1. The van der Waals surface area contributed by atoms with Crippen LogP contribution in [0.3, 0.4) is 0 Å². The predicted octanol–water partition coefficient (Wildman–Crippen LogP) is 2.77. The standard InChI is InChI=1S/C11H11F2NO/c1-11(2,6-14)8-4-7(15-3)5-9(12)10(8)13/h4-5H,1-3H3. The molecule has 4 heteroatoms. The number of hydrogen-bond acceptors (Lipinski definition) is 2. The van der Waals surface area contributed by atoms with E-state index in [1.165, 1.54) is 27.0 Å². The van der Waals surface area contributed by atoms with E-state index >= 15 is 0 Å². The van der Waals surface area contributed by atoms with Crippen molar-refractivity contribution in [1.29, 1.82) is 5.26 Å². The first-order valence-electron chi connectivity index (χ1n) is 4.37. The Hall–Kier alpha value is -1.63. The van der Waals surface area contributed by atoms with Gasteiger partial charge >= 0.3 is 0 Å². The summed E-state index contributed by atoms with van der Waals surface area (Å²) in [5.74, 6) is -1.80. The second kappa shape index (κ2) is 3.85. The summed E-state index contributed by atoms with van der Waals surface area (Å²) in [7, 11) is 1.36. The van der Waals surface area contributed by atoms with Crippen molar-refractivity contribution in [3.8, 4) is 11.8 Å². The Morgan fingerprint density at radius 2 is 1.93 bits per heavy atom. The van der Waals surface area contributed by atoms with Gasteiger partial charge in [0.1, 0.15) is 5.75 Å². The number of benzene rings is 1. The molecule has 0 aliphatic carbocycles. The number of methoxy groups -OCH3 is 1. The molecule has 1 aromatic rings. The van der Waals surface area contributed by atoms with Crippen LogP contribution in [0.1, 0.15) is 19.4 Å². The largest absolute Gasteiger partial charge is 0.497 e. The first-order chi connectivity index (χ1) is 6.92. The Morgan fingerprint density at radius 3 is 2.40 bits per heavy atom. The Morgan fingerprint density at radius 1 is 1.33 bits per heavy atom. The maximum Gasteiger partial charge on any atom is 0.163 e. The van der Waals surface area contributed by atoms with Crippen molar-refractivity contribution in [2.45, 2.75) is 19.3 Å². The zero-order valence-electron chi connectivity index (χ0n) is 8.77. The van der Waals surface area contributed by atoms with Crippen molar-refractivity contribution in [2.24, 2.45) is 0 Å². The van der Waals surface area contributed by atoms with Gasteiger partial charge in [-0.25, -0.2) is 8.78 Å². The van der Waals surface area contributed by atoms with Gasteiger partial charge in [-0.1, -0.05) is 0 Å². The number of hydrogen-bond donors (Lipinski definition) is 0. The molecule has 0 bridgehead atoms. The summed E-state index contributed by atoms with van der Waals surface area (Å²) in [5.41, 5.74) is -1.08. The maximum absolute atomic E-state index is 13.4. The first kappa shape index (κ1) is 11.4. The Labute approximate surface area is 87.1 Å². The van der Waals surface area contributed by atoms with Gasteiger partial charge < -0.3 is 4.74 Å². The highest BCUT2D eigenvalue weighted by molar-refractivity contribution is 5.38. The molecule has 1 rings (SSSR count). The molecule has 0 aliphatic rings. The lowest BCUT2D eigenvalue weighted by Gasteiger charge is -2.17. The zero-order chi connectivity index (χ0) is 11.6. The topological polar surface area (TPSA) is 33.0 Å². The van der Waals surface area contributed by atoms with Gasteiger partial charge in [0.15, 0.2) is 11.6 Å². The van der Waals surface area contributed by atoms with Crippen molar-refractivity contribution in [3.05, 3.63) is 29.3 Å². The van der Waals surface area contributed by atoms with Crippen LogP contribution < -0.4 is 4.74 Å². The highest BCUT2D eigenvalue weighted by Gasteiger charge is 2.26. The van der Waals surface area contributed by atoms with E-state index in [2.05, 4.69) is 0 Å². The minimum atomic E-state index is -1.08. The lowest BCUT2D eigenvalue weighted by atomic mass is 9.86. The van der Waals surface area contributed by atoms with Crippen LogP contribution in [0.15, 0.2) is 12.1 Å². The molecule has 0 heterocycles. The number of ether oxygens (including phenoxy) is 1. The smallest absolute Gasteiger partial charge is 0.163 e. The molecule has 0 N–H and O–H groups in total. The van der Waals surface area contributed by atoms with Crippen LogP contribution in [-0.4, -0.2) is 7.11 Å². The monoisotopic (exact) mass is 211 g/mol. The highest BCUT2D eigenvalue weighted by Crippen LogP contribution is 2.30. The molecule has 0 saturated carbocycles. The molecule has 0 fully saturated rings. The molecule has 0 saturated heterocycles. The highest BCUT2D eigenvalue weighted by atomic mass is 19.2. The van der Waals surface area contributed by atoms with Gasteiger partial charge in [-0.3, -0.25) is 0 Å². The van der Waals surface area contributed by atoms with Crippen LogP contribution >= 0.6 is 0 Å². The van der Waals surface area contributed by atoms with Gasteiger partial charge in [0.2, 0.25) is 0 Å². The van der Waals surface area contributed by atoms with Gasteiger partial charge in [-0.2, -0.15) is 5.26 Å². The van der Waals surface area contributed by atoms with E-state index < -0.39 is 17.0 Å². The van der Waals surface area contributed by atoms with Crippen molar-refractivity contribution < 1.29 is 13.5 Å². The number of halogens is 2. The summed E-state index contributed by atoms with van der Waals surface area (Å²) < 4.78 is 31.4. The third-order valence-corrected chi connectivity index (χ3v) is 2.19. The molecular weight excluding hydrogens is 200 g/mol. The van der Waals surface area contributed by atoms with Crippen LogP contribution in [0, 0.1) is 23.0 Å². The molecule has 0 amide bonds. The molecule has 0 atom stereocenters. The second-order valence-corrected chi connectivity index (χ2v) is 3.71. The van der Waals surface area contributed by atoms with Gasteiger partial charge in [-0.05, 0) is 19.9 Å². The molecule has 0 spiro atoms. The summed E-state index contributed by atoms with van der Waals surface area (Å²) in [5, 5.41) is 8.85. The first-order valence-corrected chi connectivity index (χ1v) is 4.37. The molecule has 80 valence electrons. The van der Waals surface area contributed by atoms with E-state index in [0.29, 0.717) is 0 Å². The predicted molar refractivity (Wildman–Crippen MR) is 51.5 cm³/mol. The quantitative estimate of drug-likeness (QED) is 0.753. The Bertz CT molecular complexity index is 421. The summed E-state index contributed by atoms with van der Waals surface area (Å²) in [6.07, 6.45) is 0. The van der Waals surface area contributed by atoms with Crippen LogP contribution in [0.5, 0.6) is 5.75 Å². The van der Waals surface area contributed by atoms with Gasteiger partial charge in [0, 0.05) is 11.6 Å². The van der Waals surface area contributed by atoms with E-state index in [1.807, 2.05) is 6.07 Å². The van der Waals surface area contributed by atoms with Gasteiger partial charge in [-0.15, -0.1) is 0 Å². The van der Waals surface area contributed by atoms with Crippen molar-refractivity contribution >= 4 is 0 Å². The fourth-order valence-corrected chi connectivity index (χ4v) is 1.20. The minimum absolute atomic E-state index is 0.00171. The molecule has 1 aromatic carbocycles. The molecular formula is C11H11F2NO. The summed E-state index contributed by atoms with van der Waals surface area (Å²) in [6.45, 7) is 3.04. The Kier molecular flexibility index (Phi) is 2.94. The molecule has 0 unspecified atom stereocenters. The third-order valence-electron chi connectivity index (χ3n) is 2.19. The van der Waals surface area contributed by atoms with Crippen LogP contribution in [0.25, 0.3) is 0 Å². The number of nitrogens with zero attached hydrogens (tertiary/aromatic N) is 1. The summed E-state index contributed by atoms with van der Waals surface area (Å²) >= 11 is 0. The molecule has 0 radical (unpaired) electrons. The average Bonchev–Trinajstić information content (AvgIpc) is 2.21. The van der Waals surface area contributed by atoms with E-state index in [4.69, 9.17) is 10.00 Å². The molecule has 2 nitrogen and oxygen atoms in total. The van der Waals surface area contributed by atoms with Gasteiger partial charge in [0.25, 0.3) is 0 Å². The van der Waals surface area contributed by atoms with Crippen LogP contribution in [0.4, 0.5) is 8.78 Å². The Balaban J connectivity index is 3.42. The van der Waals surface area contributed by atoms with Crippen LogP contribution in [0.2, 0.25) is 0 Å². The van der Waals surface area contributed by atoms with Crippen LogP contribution in [-0.2, 0) is 5.41 Å². The minimum Gasteiger partial charge on any atom is -0.497 e. The van der Waals surface area contributed by atoms with Crippen molar-refractivity contribution in [2.75, 3.05) is 7.11 Å². The fraction of sp³-hybridized carbons (Fsp3) is 0.364. The summed E-state index contributed by atoms with van der Waals surface area (Å²) in [4.78, 5) is 0. The van der Waals surface area contributed by atoms with Crippen molar-refractivity contribution in [3.63, 3.8) is 0 Å². The lowest BCUT2D eigenvalue weighted by molar-refractivity contribution is 0.401. The normalized spacial score (nSPS) is 10.9. The molecule has 0 aromatic heterocycles. The number of nitriles is 1. The second-order valence-electron chi connectivity index (χ2n) is 3.71. The van der Waals surface area contributed by atoms with Gasteiger partial charge in [0.05, 0.1) is 18.6 Å². The zero-order valence-corrected chi connectivity index (χ0v) is 8.77. The van der Waals surface area contributed by atoms with E-state index in [1.54, 1.807) is 0 Å². The molecule has 0 aliphatic heterocycles. The van der Waals surface area contributed by atoms with E-state index in [-0.39, 0.29) is 11.3 Å². The summed E-state index contributed by atoms with van der Waals surface area (Å²) in [6, 6.07) is 4.20. The van der Waals surface area contributed by atoms with E-state index in [0.717, 1.165) is 6.07 Å². The van der Waals surface area contributed by atoms with E-state index in [9.17, 15) is 8.78 Å². The number of rotatable bonds is 2. The average molecular weight is 211 g/mol. The molecule has 15 heavy (non-hydrogen) atoms. The van der Waals surface area contributed by atoms with Crippen molar-refractivity contribution in [1.82, 2.24) is 0 Å². The third kappa shape index (κ3) is 2.07.